The fourth-order valence-electron chi connectivity index (χ4n) is 7.50. The number of thioether (sulfide) groups is 1. The van der Waals surface area contributed by atoms with Crippen LogP contribution in [0.5, 0.6) is 0 Å². The second kappa shape index (κ2) is 29.8. The molecule has 4 aliphatic rings. The number of rotatable bonds is 23. The van der Waals surface area contributed by atoms with Crippen molar-refractivity contribution in [1.82, 2.24) is 10.6 Å². The van der Waals surface area contributed by atoms with E-state index in [0.717, 1.165) is 43.6 Å². The number of hydrogen-bond acceptors (Lipinski definition) is 24. The van der Waals surface area contributed by atoms with Crippen LogP contribution in [0.25, 0.3) is 0 Å². The number of hydrogen-bond donors (Lipinski definition) is 15. The lowest BCUT2D eigenvalue weighted by Gasteiger charge is -2.47. The van der Waals surface area contributed by atoms with E-state index in [2.05, 4.69) is 23.3 Å². The highest BCUT2D eigenvalue weighted by atomic mass is 32.2. The van der Waals surface area contributed by atoms with E-state index in [4.69, 9.17) is 37.9 Å². The summed E-state index contributed by atoms with van der Waals surface area (Å²) in [5.41, 5.74) is 0. The monoisotopic (exact) mass is 984 g/mol. The third kappa shape index (κ3) is 16.8. The van der Waals surface area contributed by atoms with Gasteiger partial charge in [0.05, 0.1) is 26.4 Å². The quantitative estimate of drug-likeness (QED) is 0.0335. The van der Waals surface area contributed by atoms with Gasteiger partial charge >= 0.3 is 0 Å². The van der Waals surface area contributed by atoms with Crippen LogP contribution in [0.3, 0.4) is 0 Å². The van der Waals surface area contributed by atoms with E-state index in [1.54, 1.807) is 11.8 Å². The molecule has 8 unspecified atom stereocenters. The van der Waals surface area contributed by atoms with Crippen molar-refractivity contribution < 1.29 is 109 Å². The van der Waals surface area contributed by atoms with Crippen molar-refractivity contribution in [2.75, 3.05) is 57.4 Å². The zero-order chi connectivity index (χ0) is 48.4. The average Bonchev–Trinajstić information content (AvgIpc) is 3.28. The fourth-order valence-corrected chi connectivity index (χ4v) is 8.22. The minimum Gasteiger partial charge on any atom is -0.394 e. The van der Waals surface area contributed by atoms with Gasteiger partial charge < -0.3 is 110 Å². The lowest BCUT2D eigenvalue weighted by Crippen LogP contribution is -2.68. The molecule has 0 bridgehead atoms. The van der Waals surface area contributed by atoms with Gasteiger partial charge in [-0.2, -0.15) is 24.4 Å². The second-order valence-corrected chi connectivity index (χ2v) is 17.5. The predicted octanol–water partition coefficient (Wildman–Crippen LogP) is -5.82. The van der Waals surface area contributed by atoms with Gasteiger partial charge in [0.25, 0.3) is 0 Å². The van der Waals surface area contributed by atoms with Crippen molar-refractivity contribution in [3.63, 3.8) is 0 Å². The zero-order valence-corrected chi connectivity index (χ0v) is 38.5. The Balaban J connectivity index is 0.000000345. The number of aliphatic hydroxyl groups is 12. The summed E-state index contributed by atoms with van der Waals surface area (Å²) < 4.78 is 45.1. The SMILES string of the molecule is CC(=O)NC1[C@@H](OCCCCCS)OC(CO)[C@H](O)[C@@H]1O[C@@H]1OC(CO)[C@H](O)[C@H](O)C1O.CSCCCCCO[C@H]1OC(CO)[C@H](O)[C@H](O[C@@H]2OC(CO)[C@H](O)[C@H](O)C2O)C1NC(C)=O. The van der Waals surface area contributed by atoms with Crippen LogP contribution in [0.1, 0.15) is 52.4 Å². The van der Waals surface area contributed by atoms with Gasteiger partial charge in [-0.25, -0.2) is 0 Å². The number of carbonyl (C=O) groups excluding carboxylic acids is 2. The first kappa shape index (κ1) is 58.2. The van der Waals surface area contributed by atoms with Crippen LogP contribution in [0.15, 0.2) is 0 Å². The number of aliphatic hydroxyl groups excluding tert-OH is 12. The standard InChI is InChI=1S/C20H37NO11S.C19H35NO11S/c1-10(24)21-13-18(32-20-17(28)16(27)14(25)11(8-22)31-20)15(26)12(9-23)30-19(13)29-6-4-3-5-7-33-2;1-9(23)20-12-17(31-19-16(27)15(26)13(24)10(7-21)30-19)14(25)11(8-22)29-18(12)28-5-3-2-4-6-32/h11-20,22-23,25-28H,3-9H2,1-2H3,(H,21,24);10-19,21-22,24-27,32H,2-8H2,1H3,(H,20,23)/t11?,12?,13?,14-,15-,16-,17?,18+,19-,20-;10?,11?,12?,13-,14-,15-,16?,17+,18-,19-/m00/s1. The van der Waals surface area contributed by atoms with E-state index >= 15 is 0 Å². The Labute approximate surface area is 387 Å². The molecule has 0 aliphatic carbocycles. The van der Waals surface area contributed by atoms with Gasteiger partial charge in [0, 0.05) is 27.1 Å². The lowest BCUT2D eigenvalue weighted by molar-refractivity contribution is -0.344. The number of amides is 2. The molecule has 4 saturated heterocycles. The summed E-state index contributed by atoms with van der Waals surface area (Å²) in [5.74, 6) is 0.832. The summed E-state index contributed by atoms with van der Waals surface area (Å²) in [6.07, 6.45) is -18.2. The minimum atomic E-state index is -1.71. The first-order valence-corrected chi connectivity index (χ1v) is 23.7. The van der Waals surface area contributed by atoms with Gasteiger partial charge in [-0.15, -0.1) is 0 Å². The summed E-state index contributed by atoms with van der Waals surface area (Å²) in [6, 6.07) is -2.10. The highest BCUT2D eigenvalue weighted by molar-refractivity contribution is 7.98. The van der Waals surface area contributed by atoms with E-state index in [-0.39, 0.29) is 6.61 Å². The van der Waals surface area contributed by atoms with Crippen molar-refractivity contribution in [2.45, 2.75) is 175 Å². The van der Waals surface area contributed by atoms with Crippen molar-refractivity contribution in [3.8, 4) is 0 Å². The van der Waals surface area contributed by atoms with Crippen molar-refractivity contribution in [1.29, 1.82) is 0 Å². The van der Waals surface area contributed by atoms with Gasteiger partial charge in [0.15, 0.2) is 25.2 Å². The Morgan fingerprint density at radius 3 is 1.20 bits per heavy atom. The zero-order valence-electron chi connectivity index (χ0n) is 36.8. The van der Waals surface area contributed by atoms with Crippen LogP contribution < -0.4 is 10.6 Å². The van der Waals surface area contributed by atoms with E-state index in [9.17, 15) is 70.9 Å². The largest absolute Gasteiger partial charge is 0.394 e. The maximum atomic E-state index is 11.9. The third-order valence-corrected chi connectivity index (χ3v) is 12.1. The van der Waals surface area contributed by atoms with Gasteiger partial charge in [0.1, 0.15) is 97.5 Å². The number of thiol groups is 1. The molecule has 0 aromatic carbocycles. The molecule has 0 aromatic heterocycles. The van der Waals surface area contributed by atoms with Crippen molar-refractivity contribution in [3.05, 3.63) is 0 Å². The van der Waals surface area contributed by atoms with E-state index in [1.165, 1.54) is 13.8 Å². The Bertz CT molecular complexity index is 1350. The second-order valence-electron chi connectivity index (χ2n) is 16.1. The third-order valence-electron chi connectivity index (χ3n) is 11.1. The molecule has 4 heterocycles. The lowest BCUT2D eigenvalue weighted by atomic mass is 9.95. The molecule has 24 nitrogen and oxygen atoms in total. The Morgan fingerprint density at radius 1 is 0.508 bits per heavy atom. The highest BCUT2D eigenvalue weighted by Crippen LogP contribution is 2.32. The molecule has 2 amide bonds. The number of ether oxygens (including phenoxy) is 8. The molecule has 0 radical (unpaired) electrons. The molecule has 0 saturated carbocycles. The summed E-state index contributed by atoms with van der Waals surface area (Å²) >= 11 is 5.90. The molecule has 14 N–H and O–H groups in total. The smallest absolute Gasteiger partial charge is 0.217 e. The summed E-state index contributed by atoms with van der Waals surface area (Å²) in [7, 11) is 0. The maximum absolute atomic E-state index is 11.9. The van der Waals surface area contributed by atoms with Crippen LogP contribution in [0, 0.1) is 0 Å². The molecular formula is C39H72N2O22S2. The normalized spacial score (nSPS) is 39.8. The van der Waals surface area contributed by atoms with Crippen LogP contribution in [0.2, 0.25) is 0 Å². The van der Waals surface area contributed by atoms with E-state index in [1.807, 2.05) is 6.26 Å². The molecule has 382 valence electrons. The minimum absolute atomic E-state index is 0.273. The highest BCUT2D eigenvalue weighted by Gasteiger charge is 2.53. The number of nitrogens with one attached hydrogen (secondary N) is 2. The van der Waals surface area contributed by atoms with Gasteiger partial charge in [-0.05, 0) is 43.4 Å². The Hall–Kier alpha value is -1.16. The summed E-state index contributed by atoms with van der Waals surface area (Å²) in [5, 5.41) is 125. The molecule has 26 heteroatoms. The first-order chi connectivity index (χ1) is 31.0. The van der Waals surface area contributed by atoms with Crippen molar-refractivity contribution in [2.24, 2.45) is 0 Å². The van der Waals surface area contributed by atoms with Crippen LogP contribution >= 0.6 is 24.4 Å². The summed E-state index contributed by atoms with van der Waals surface area (Å²) in [6.45, 7) is 0.614. The molecule has 0 aromatic rings. The first-order valence-electron chi connectivity index (χ1n) is 21.7. The average molecular weight is 985 g/mol. The fraction of sp³-hybridized carbons (Fsp3) is 0.949. The molecule has 0 spiro atoms. The van der Waals surface area contributed by atoms with E-state index < -0.39 is 161 Å². The summed E-state index contributed by atoms with van der Waals surface area (Å²) in [4.78, 5) is 23.7. The molecule has 65 heavy (non-hydrogen) atoms. The van der Waals surface area contributed by atoms with Crippen LogP contribution in [-0.4, -0.2) is 253 Å². The molecule has 4 fully saturated rings. The molecular weight excluding hydrogens is 913 g/mol. The predicted molar refractivity (Wildman–Crippen MR) is 228 cm³/mol. The van der Waals surface area contributed by atoms with Crippen LogP contribution in [0.4, 0.5) is 0 Å². The van der Waals surface area contributed by atoms with Crippen LogP contribution in [-0.2, 0) is 47.5 Å². The molecule has 20 atom stereocenters. The topological polar surface area (TPSA) is 375 Å². The van der Waals surface area contributed by atoms with Gasteiger partial charge in [-0.1, -0.05) is 12.8 Å². The van der Waals surface area contributed by atoms with Gasteiger partial charge in [-0.3, -0.25) is 9.59 Å². The number of carbonyl (C=O) groups is 2. The van der Waals surface area contributed by atoms with E-state index in [0.29, 0.717) is 13.0 Å². The Kier molecular flexibility index (Phi) is 26.6. The molecule has 4 rings (SSSR count). The molecule has 4 aliphatic heterocycles. The van der Waals surface area contributed by atoms with Gasteiger partial charge in [0.2, 0.25) is 11.8 Å². The van der Waals surface area contributed by atoms with Crippen molar-refractivity contribution >= 4 is 36.2 Å². The maximum Gasteiger partial charge on any atom is 0.217 e. The Morgan fingerprint density at radius 2 is 0.862 bits per heavy atom. The number of unbranched alkanes of at least 4 members (excludes halogenated alkanes) is 4.